The van der Waals surface area contributed by atoms with E-state index >= 15 is 0 Å². The van der Waals surface area contributed by atoms with Crippen LogP contribution < -0.4 is 24.4 Å². The smallest absolute Gasteiger partial charge is 0.240 e. The van der Waals surface area contributed by atoms with Gasteiger partial charge >= 0.3 is 0 Å². The van der Waals surface area contributed by atoms with Gasteiger partial charge in [0.05, 0.1) is 7.11 Å². The van der Waals surface area contributed by atoms with E-state index in [4.69, 9.17) is 14.2 Å². The molecule has 0 saturated heterocycles. The van der Waals surface area contributed by atoms with Gasteiger partial charge < -0.3 is 24.4 Å². The van der Waals surface area contributed by atoms with Crippen LogP contribution >= 0.6 is 0 Å². The molecule has 142 valence electrons. The molecule has 1 heterocycles. The van der Waals surface area contributed by atoms with Crippen LogP contribution in [0.5, 0.6) is 17.2 Å². The van der Waals surface area contributed by atoms with Crippen LogP contribution in [0, 0.1) is 0 Å². The maximum absolute atomic E-state index is 12.4. The highest BCUT2D eigenvalue weighted by atomic mass is 16.6. The minimum absolute atomic E-state index is 0.0931. The zero-order valence-electron chi connectivity index (χ0n) is 15.4. The summed E-state index contributed by atoms with van der Waals surface area (Å²) in [4.78, 5) is 25.9. The van der Waals surface area contributed by atoms with Gasteiger partial charge in [0, 0.05) is 30.8 Å². The minimum Gasteiger partial charge on any atom is -0.496 e. The molecule has 0 radical (unpaired) electrons. The number of carbonyl (C=O) groups is 2. The summed E-state index contributed by atoms with van der Waals surface area (Å²) in [6, 6.07) is 12.6. The number of methoxy groups -OCH3 is 1. The van der Waals surface area contributed by atoms with Crippen LogP contribution in [-0.2, 0) is 16.1 Å². The Hall–Kier alpha value is -3.22. The Labute approximate surface area is 157 Å². The largest absolute Gasteiger partial charge is 0.496 e. The van der Waals surface area contributed by atoms with Crippen molar-refractivity contribution in [1.29, 1.82) is 0 Å². The van der Waals surface area contributed by atoms with E-state index in [1.54, 1.807) is 25.3 Å². The van der Waals surface area contributed by atoms with Crippen LogP contribution in [0.3, 0.4) is 0 Å². The van der Waals surface area contributed by atoms with Gasteiger partial charge in [-0.15, -0.1) is 0 Å². The molecule has 27 heavy (non-hydrogen) atoms. The molecule has 0 unspecified atom stereocenters. The average molecular weight is 370 g/mol. The molecule has 2 aromatic carbocycles. The summed E-state index contributed by atoms with van der Waals surface area (Å²) < 4.78 is 16.3. The van der Waals surface area contributed by atoms with Crippen LogP contribution in [0.25, 0.3) is 0 Å². The van der Waals surface area contributed by atoms with E-state index in [0.29, 0.717) is 42.7 Å². The normalized spacial score (nSPS) is 12.2. The second-order valence-corrected chi connectivity index (χ2v) is 6.02. The molecule has 0 aliphatic carbocycles. The SMILES string of the molecule is COc1ccccc1CNC(=O)CN(C(C)=O)c1ccc2c(c1)OCCO2. The van der Waals surface area contributed by atoms with Gasteiger partial charge in [0.25, 0.3) is 0 Å². The van der Waals surface area contributed by atoms with Gasteiger partial charge in [0.1, 0.15) is 25.5 Å². The fourth-order valence-electron chi connectivity index (χ4n) is 2.83. The number of nitrogens with one attached hydrogen (secondary N) is 1. The highest BCUT2D eigenvalue weighted by Gasteiger charge is 2.19. The molecule has 3 rings (SSSR count). The number of hydrogen-bond donors (Lipinski definition) is 1. The summed E-state index contributed by atoms with van der Waals surface area (Å²) in [5.74, 6) is 1.40. The molecule has 0 aromatic heterocycles. The van der Waals surface area contributed by atoms with E-state index in [1.807, 2.05) is 24.3 Å². The lowest BCUT2D eigenvalue weighted by Crippen LogP contribution is -2.39. The van der Waals surface area contributed by atoms with Crippen LogP contribution in [-0.4, -0.2) is 38.7 Å². The number of hydrogen-bond acceptors (Lipinski definition) is 5. The first kappa shape index (κ1) is 18.6. The maximum Gasteiger partial charge on any atom is 0.240 e. The van der Waals surface area contributed by atoms with Crippen LogP contribution in [0.4, 0.5) is 5.69 Å². The van der Waals surface area contributed by atoms with Crippen molar-refractivity contribution in [1.82, 2.24) is 5.32 Å². The summed E-state index contributed by atoms with van der Waals surface area (Å²) in [6.45, 7) is 2.59. The van der Waals surface area contributed by atoms with Crippen LogP contribution in [0.2, 0.25) is 0 Å². The van der Waals surface area contributed by atoms with Crippen molar-refractivity contribution in [2.24, 2.45) is 0 Å². The predicted octanol–water partition coefficient (Wildman–Crippen LogP) is 2.14. The second-order valence-electron chi connectivity index (χ2n) is 6.02. The van der Waals surface area contributed by atoms with Gasteiger partial charge in [-0.05, 0) is 18.2 Å². The third-order valence-electron chi connectivity index (χ3n) is 4.19. The molecule has 2 aromatic rings. The van der Waals surface area contributed by atoms with Crippen molar-refractivity contribution < 1.29 is 23.8 Å². The van der Waals surface area contributed by atoms with Gasteiger partial charge in [-0.25, -0.2) is 0 Å². The molecular weight excluding hydrogens is 348 g/mol. The molecule has 0 spiro atoms. The Morgan fingerprint density at radius 1 is 1.11 bits per heavy atom. The molecule has 1 aliphatic rings. The number of carbonyl (C=O) groups excluding carboxylic acids is 2. The van der Waals surface area contributed by atoms with Crippen molar-refractivity contribution in [3.05, 3.63) is 48.0 Å². The topological polar surface area (TPSA) is 77.1 Å². The fourth-order valence-corrected chi connectivity index (χ4v) is 2.83. The molecule has 1 N–H and O–H groups in total. The number of ether oxygens (including phenoxy) is 3. The first-order valence-electron chi connectivity index (χ1n) is 8.65. The zero-order chi connectivity index (χ0) is 19.2. The average Bonchev–Trinajstić information content (AvgIpc) is 2.70. The second kappa shape index (κ2) is 8.44. The first-order valence-corrected chi connectivity index (χ1v) is 8.65. The van der Waals surface area contributed by atoms with E-state index < -0.39 is 0 Å². The van der Waals surface area contributed by atoms with Gasteiger partial charge in [-0.2, -0.15) is 0 Å². The lowest BCUT2D eigenvalue weighted by Gasteiger charge is -2.24. The van der Waals surface area contributed by atoms with E-state index in [9.17, 15) is 9.59 Å². The van der Waals surface area contributed by atoms with Crippen molar-refractivity contribution in [2.75, 3.05) is 31.8 Å². The highest BCUT2D eigenvalue weighted by Crippen LogP contribution is 2.34. The molecule has 0 atom stereocenters. The molecule has 1 aliphatic heterocycles. The Morgan fingerprint density at radius 3 is 2.59 bits per heavy atom. The molecule has 7 nitrogen and oxygen atoms in total. The number of para-hydroxylation sites is 1. The molecule has 0 bridgehead atoms. The molecule has 0 fully saturated rings. The number of amides is 2. The standard InChI is InChI=1S/C20H22N2O5/c1-14(23)22(16-7-8-18-19(11-16)27-10-9-26-18)13-20(24)21-12-15-5-3-4-6-17(15)25-2/h3-8,11H,9-10,12-13H2,1-2H3,(H,21,24). The Morgan fingerprint density at radius 2 is 1.85 bits per heavy atom. The van der Waals surface area contributed by atoms with E-state index in [2.05, 4.69) is 5.32 Å². The van der Waals surface area contributed by atoms with E-state index in [-0.39, 0.29) is 18.4 Å². The lowest BCUT2D eigenvalue weighted by atomic mass is 10.2. The number of benzene rings is 2. The van der Waals surface area contributed by atoms with Gasteiger partial charge in [0.2, 0.25) is 11.8 Å². The van der Waals surface area contributed by atoms with Crippen molar-refractivity contribution in [3.8, 4) is 17.2 Å². The van der Waals surface area contributed by atoms with Crippen molar-refractivity contribution >= 4 is 17.5 Å². The van der Waals surface area contributed by atoms with E-state index in [1.165, 1.54) is 11.8 Å². The monoisotopic (exact) mass is 370 g/mol. The van der Waals surface area contributed by atoms with Crippen molar-refractivity contribution in [2.45, 2.75) is 13.5 Å². The summed E-state index contributed by atoms with van der Waals surface area (Å²) in [6.07, 6.45) is 0. The highest BCUT2D eigenvalue weighted by molar-refractivity contribution is 5.97. The maximum atomic E-state index is 12.4. The third-order valence-corrected chi connectivity index (χ3v) is 4.19. The summed E-state index contributed by atoms with van der Waals surface area (Å²) >= 11 is 0. The summed E-state index contributed by atoms with van der Waals surface area (Å²) in [7, 11) is 1.58. The van der Waals surface area contributed by atoms with Gasteiger partial charge in [0.15, 0.2) is 11.5 Å². The lowest BCUT2D eigenvalue weighted by molar-refractivity contribution is -0.123. The summed E-state index contributed by atoms with van der Waals surface area (Å²) in [5, 5.41) is 2.82. The Balaban J connectivity index is 1.67. The van der Waals surface area contributed by atoms with Gasteiger partial charge in [-0.1, -0.05) is 18.2 Å². The molecule has 7 heteroatoms. The first-order chi connectivity index (χ1) is 13.1. The number of fused-ring (bicyclic) bond motifs is 1. The quantitative estimate of drug-likeness (QED) is 0.843. The third kappa shape index (κ3) is 4.49. The Kier molecular flexibility index (Phi) is 5.80. The minimum atomic E-state index is -0.272. The van der Waals surface area contributed by atoms with E-state index in [0.717, 1.165) is 5.56 Å². The van der Waals surface area contributed by atoms with Crippen molar-refractivity contribution in [3.63, 3.8) is 0 Å². The summed E-state index contributed by atoms with van der Waals surface area (Å²) in [5.41, 5.74) is 1.45. The fraction of sp³-hybridized carbons (Fsp3) is 0.300. The number of rotatable bonds is 6. The van der Waals surface area contributed by atoms with Gasteiger partial charge in [-0.3, -0.25) is 9.59 Å². The number of nitrogens with zero attached hydrogens (tertiary/aromatic N) is 1. The van der Waals surface area contributed by atoms with Crippen LogP contribution in [0.1, 0.15) is 12.5 Å². The predicted molar refractivity (Wildman–Crippen MR) is 100 cm³/mol. The molecular formula is C20H22N2O5. The zero-order valence-corrected chi connectivity index (χ0v) is 15.4. The Bertz CT molecular complexity index is 837. The molecule has 2 amide bonds. The molecule has 0 saturated carbocycles. The number of anilines is 1. The van der Waals surface area contributed by atoms with Crippen LogP contribution in [0.15, 0.2) is 42.5 Å².